The Hall–Kier alpha value is -2.96. The summed E-state index contributed by atoms with van der Waals surface area (Å²) in [5.74, 6) is 6.34. The molecule has 3 aromatic rings. The quantitative estimate of drug-likeness (QED) is 0.412. The summed E-state index contributed by atoms with van der Waals surface area (Å²) in [6, 6.07) is 17.2. The first-order chi connectivity index (χ1) is 12.1. The number of halogens is 1. The van der Waals surface area contributed by atoms with Gasteiger partial charge in [0.2, 0.25) is 0 Å². The van der Waals surface area contributed by atoms with Gasteiger partial charge in [0.15, 0.2) is 5.82 Å². The molecule has 0 saturated heterocycles. The summed E-state index contributed by atoms with van der Waals surface area (Å²) in [5.41, 5.74) is 17.4. The van der Waals surface area contributed by atoms with Crippen molar-refractivity contribution in [3.8, 4) is 16.9 Å². The van der Waals surface area contributed by atoms with Crippen molar-refractivity contribution in [3.63, 3.8) is 0 Å². The van der Waals surface area contributed by atoms with E-state index in [1.165, 1.54) is 0 Å². The molecule has 7 heteroatoms. The van der Waals surface area contributed by atoms with Gasteiger partial charge in [-0.25, -0.2) is 10.8 Å². The van der Waals surface area contributed by atoms with Gasteiger partial charge in [-0.3, -0.25) is 0 Å². The highest BCUT2D eigenvalue weighted by Crippen LogP contribution is 2.31. The van der Waals surface area contributed by atoms with E-state index < -0.39 is 0 Å². The summed E-state index contributed by atoms with van der Waals surface area (Å²) in [6.07, 6.45) is 0. The summed E-state index contributed by atoms with van der Waals surface area (Å²) >= 11 is 6.23. The fourth-order valence-corrected chi connectivity index (χ4v) is 2.66. The Labute approximate surface area is 150 Å². The minimum Gasteiger partial charge on any atom is -0.486 e. The third-order valence-corrected chi connectivity index (χ3v) is 4.04. The number of hydrazine groups is 1. The smallest absolute Gasteiger partial charge is 0.169 e. The molecule has 2 aromatic carbocycles. The maximum atomic E-state index is 6.23. The summed E-state index contributed by atoms with van der Waals surface area (Å²) in [6.45, 7) is 0.334. The van der Waals surface area contributed by atoms with E-state index in [1.807, 2.05) is 48.5 Å². The van der Waals surface area contributed by atoms with Crippen molar-refractivity contribution in [2.45, 2.75) is 6.61 Å². The maximum Gasteiger partial charge on any atom is 0.169 e. The van der Waals surface area contributed by atoms with Gasteiger partial charge in [-0.15, -0.1) is 0 Å². The van der Waals surface area contributed by atoms with Crippen molar-refractivity contribution in [1.82, 2.24) is 4.98 Å². The van der Waals surface area contributed by atoms with Crippen molar-refractivity contribution in [2.75, 3.05) is 16.9 Å². The molecule has 0 amide bonds. The number of hydrogen-bond acceptors (Lipinski definition) is 6. The molecule has 0 spiro atoms. The Kier molecular flexibility index (Phi) is 4.92. The number of rotatable bonds is 5. The molecule has 0 fully saturated rings. The van der Waals surface area contributed by atoms with Crippen LogP contribution in [0.5, 0.6) is 5.75 Å². The number of nitrogen functional groups attached to an aromatic ring is 3. The van der Waals surface area contributed by atoms with E-state index in [-0.39, 0.29) is 11.6 Å². The fraction of sp³-hybridized carbons (Fsp3) is 0.0556. The molecule has 0 aliphatic carbocycles. The highest BCUT2D eigenvalue weighted by Gasteiger charge is 2.10. The number of anilines is 3. The Bertz CT molecular complexity index is 883. The van der Waals surface area contributed by atoms with Crippen LogP contribution >= 0.6 is 11.6 Å². The number of aromatic nitrogens is 1. The monoisotopic (exact) mass is 355 g/mol. The van der Waals surface area contributed by atoms with Crippen LogP contribution in [-0.2, 0) is 6.61 Å². The van der Waals surface area contributed by atoms with Gasteiger partial charge < -0.3 is 21.6 Å². The zero-order valence-electron chi connectivity index (χ0n) is 13.4. The molecule has 0 aliphatic heterocycles. The van der Waals surface area contributed by atoms with Gasteiger partial charge in [0.1, 0.15) is 23.9 Å². The molecule has 0 atom stereocenters. The number of ether oxygens (including phenoxy) is 1. The van der Waals surface area contributed by atoms with E-state index in [4.69, 9.17) is 33.6 Å². The molecule has 1 aromatic heterocycles. The molecule has 25 heavy (non-hydrogen) atoms. The lowest BCUT2D eigenvalue weighted by Crippen LogP contribution is -2.13. The van der Waals surface area contributed by atoms with E-state index in [0.717, 1.165) is 16.7 Å². The van der Waals surface area contributed by atoms with E-state index in [0.29, 0.717) is 23.1 Å². The number of pyridine rings is 1. The van der Waals surface area contributed by atoms with Crippen LogP contribution in [0.4, 0.5) is 17.3 Å². The molecule has 6 nitrogen and oxygen atoms in total. The van der Waals surface area contributed by atoms with Crippen molar-refractivity contribution in [1.29, 1.82) is 0 Å². The van der Waals surface area contributed by atoms with Gasteiger partial charge in [-0.05, 0) is 17.2 Å². The predicted molar refractivity (Wildman–Crippen MR) is 102 cm³/mol. The lowest BCUT2D eigenvalue weighted by molar-refractivity contribution is 0.308. The fourth-order valence-electron chi connectivity index (χ4n) is 2.42. The molecule has 128 valence electrons. The number of nitrogens with two attached hydrogens (primary N) is 3. The van der Waals surface area contributed by atoms with Gasteiger partial charge in [-0.1, -0.05) is 54.1 Å². The Balaban J connectivity index is 1.75. The van der Waals surface area contributed by atoms with Crippen molar-refractivity contribution in [3.05, 3.63) is 65.2 Å². The molecule has 0 radical (unpaired) electrons. The van der Waals surface area contributed by atoms with Crippen molar-refractivity contribution >= 4 is 28.9 Å². The highest BCUT2D eigenvalue weighted by molar-refractivity contribution is 6.33. The molecule has 0 unspecified atom stereocenters. The molecule has 1 heterocycles. The number of benzene rings is 2. The third-order valence-electron chi connectivity index (χ3n) is 3.71. The topological polar surface area (TPSA) is 112 Å². The Morgan fingerprint density at radius 3 is 2.44 bits per heavy atom. The molecule has 7 N–H and O–H groups in total. The summed E-state index contributed by atoms with van der Waals surface area (Å²) < 4.78 is 5.75. The first kappa shape index (κ1) is 16.9. The van der Waals surface area contributed by atoms with Crippen LogP contribution in [0.2, 0.25) is 5.02 Å². The molecular formula is C18H18ClN5O. The van der Waals surface area contributed by atoms with Gasteiger partial charge >= 0.3 is 0 Å². The van der Waals surface area contributed by atoms with Gasteiger partial charge in [-0.2, -0.15) is 0 Å². The van der Waals surface area contributed by atoms with E-state index in [1.54, 1.807) is 6.07 Å². The van der Waals surface area contributed by atoms with Crippen LogP contribution in [0.25, 0.3) is 11.1 Å². The lowest BCUT2D eigenvalue weighted by Gasteiger charge is -2.13. The number of nitrogens with one attached hydrogen (secondary N) is 1. The predicted octanol–water partition coefficient (Wildman–Crippen LogP) is 3.43. The lowest BCUT2D eigenvalue weighted by atomic mass is 10.0. The average Bonchev–Trinajstić information content (AvgIpc) is 2.63. The van der Waals surface area contributed by atoms with Crippen molar-refractivity contribution < 1.29 is 4.74 Å². The summed E-state index contributed by atoms with van der Waals surface area (Å²) in [7, 11) is 0. The van der Waals surface area contributed by atoms with Crippen LogP contribution in [0, 0.1) is 0 Å². The number of hydrogen-bond donors (Lipinski definition) is 4. The Morgan fingerprint density at radius 1 is 1.04 bits per heavy atom. The van der Waals surface area contributed by atoms with Crippen LogP contribution in [0.15, 0.2) is 54.6 Å². The van der Waals surface area contributed by atoms with Crippen LogP contribution < -0.4 is 27.5 Å². The normalized spacial score (nSPS) is 10.5. The Morgan fingerprint density at radius 2 is 1.76 bits per heavy atom. The highest BCUT2D eigenvalue weighted by atomic mass is 35.5. The minimum absolute atomic E-state index is 0.270. The average molecular weight is 356 g/mol. The van der Waals surface area contributed by atoms with Gasteiger partial charge in [0.25, 0.3) is 0 Å². The summed E-state index contributed by atoms with van der Waals surface area (Å²) in [4.78, 5) is 3.98. The first-order valence-electron chi connectivity index (χ1n) is 7.57. The molecule has 0 saturated carbocycles. The van der Waals surface area contributed by atoms with Crippen LogP contribution in [0.3, 0.4) is 0 Å². The van der Waals surface area contributed by atoms with Crippen molar-refractivity contribution in [2.24, 2.45) is 5.84 Å². The second-order valence-corrected chi connectivity index (χ2v) is 5.82. The third kappa shape index (κ3) is 3.76. The van der Waals surface area contributed by atoms with Crippen LogP contribution in [-0.4, -0.2) is 4.98 Å². The SMILES string of the molecule is NNc1nc(N)cc(OCc2ccc(-c3ccccc3Cl)cc2)c1N. The zero-order valence-corrected chi connectivity index (χ0v) is 14.1. The largest absolute Gasteiger partial charge is 0.486 e. The zero-order chi connectivity index (χ0) is 17.8. The second kappa shape index (κ2) is 7.29. The van der Waals surface area contributed by atoms with Gasteiger partial charge in [0.05, 0.1) is 0 Å². The summed E-state index contributed by atoms with van der Waals surface area (Å²) in [5, 5.41) is 0.716. The maximum absolute atomic E-state index is 6.23. The standard InChI is InChI=1S/C18H18ClN5O/c19-14-4-2-1-3-13(14)12-7-5-11(6-8-12)10-25-15-9-16(20)23-18(24-22)17(15)21/h1-9H,10,21-22H2,(H3,20,23,24). The van der Waals surface area contributed by atoms with E-state index in [2.05, 4.69) is 10.4 Å². The molecular weight excluding hydrogens is 338 g/mol. The van der Waals surface area contributed by atoms with E-state index in [9.17, 15) is 0 Å². The van der Waals surface area contributed by atoms with E-state index >= 15 is 0 Å². The second-order valence-electron chi connectivity index (χ2n) is 5.42. The van der Waals surface area contributed by atoms with Crippen LogP contribution in [0.1, 0.15) is 5.56 Å². The first-order valence-corrected chi connectivity index (χ1v) is 7.95. The minimum atomic E-state index is 0.270. The van der Waals surface area contributed by atoms with Gasteiger partial charge in [0, 0.05) is 16.7 Å². The molecule has 0 aliphatic rings. The molecule has 3 rings (SSSR count). The number of nitrogens with zero attached hydrogens (tertiary/aromatic N) is 1. The molecule has 0 bridgehead atoms.